The van der Waals surface area contributed by atoms with E-state index in [0.29, 0.717) is 11.6 Å². The molecule has 0 heterocycles. The first kappa shape index (κ1) is 24.8. The van der Waals surface area contributed by atoms with Crippen LogP contribution in [0.3, 0.4) is 0 Å². The molecule has 0 spiro atoms. The van der Waals surface area contributed by atoms with Gasteiger partial charge in [0.15, 0.2) is 18.1 Å². The Bertz CT molecular complexity index is 757. The molecule has 1 N–H and O–H groups in total. The molecule has 14 heteroatoms. The SMILES string of the molecule is CCOC(=O)COc1c(Br)cc(/C=N/NC(F)(F)C(F)(F)C(F)(F)F)cc1OC. The molecule has 29 heavy (non-hydrogen) atoms. The lowest BCUT2D eigenvalue weighted by Gasteiger charge is -2.27. The average molecular weight is 499 g/mol. The van der Waals surface area contributed by atoms with E-state index in [0.717, 1.165) is 6.07 Å². The largest absolute Gasteiger partial charge is 0.493 e. The Morgan fingerprint density at radius 3 is 2.34 bits per heavy atom. The van der Waals surface area contributed by atoms with Gasteiger partial charge in [0, 0.05) is 0 Å². The van der Waals surface area contributed by atoms with Crippen molar-refractivity contribution < 1.29 is 49.7 Å². The van der Waals surface area contributed by atoms with E-state index >= 15 is 0 Å². The van der Waals surface area contributed by atoms with Gasteiger partial charge < -0.3 is 14.2 Å². The van der Waals surface area contributed by atoms with Gasteiger partial charge >= 0.3 is 24.1 Å². The lowest BCUT2D eigenvalue weighted by molar-refractivity contribution is -0.361. The first-order chi connectivity index (χ1) is 13.3. The number of benzene rings is 1. The van der Waals surface area contributed by atoms with Gasteiger partial charge in [-0.15, -0.1) is 0 Å². The Morgan fingerprint density at radius 2 is 1.83 bits per heavy atom. The maximum atomic E-state index is 13.1. The molecule has 1 rings (SSSR count). The zero-order valence-corrected chi connectivity index (χ0v) is 16.3. The summed E-state index contributed by atoms with van der Waals surface area (Å²) in [6, 6.07) is -3.34. The number of esters is 1. The van der Waals surface area contributed by atoms with Gasteiger partial charge in [-0.2, -0.15) is 35.8 Å². The number of halogens is 8. The second-order valence-corrected chi connectivity index (χ2v) is 6.00. The van der Waals surface area contributed by atoms with E-state index in [1.165, 1.54) is 13.2 Å². The molecule has 0 saturated heterocycles. The first-order valence-corrected chi connectivity index (χ1v) is 8.34. The van der Waals surface area contributed by atoms with E-state index in [2.05, 4.69) is 25.8 Å². The Balaban J connectivity index is 2.98. The van der Waals surface area contributed by atoms with Crippen molar-refractivity contribution >= 4 is 28.1 Å². The van der Waals surface area contributed by atoms with Crippen molar-refractivity contribution in [2.45, 2.75) is 25.1 Å². The smallest absolute Gasteiger partial charge is 0.462 e. The molecule has 0 atom stereocenters. The number of hydrogen-bond acceptors (Lipinski definition) is 6. The van der Waals surface area contributed by atoms with Crippen LogP contribution in [-0.2, 0) is 9.53 Å². The van der Waals surface area contributed by atoms with Crippen molar-refractivity contribution in [2.24, 2.45) is 5.10 Å². The summed E-state index contributed by atoms with van der Waals surface area (Å²) < 4.78 is 103. The Kier molecular flexibility index (Phi) is 8.12. The fraction of sp³-hybridized carbons (Fsp3) is 0.467. The number of hydrazone groups is 1. The van der Waals surface area contributed by atoms with Crippen LogP contribution in [0, 0.1) is 0 Å². The van der Waals surface area contributed by atoms with Crippen molar-refractivity contribution in [3.05, 3.63) is 22.2 Å². The van der Waals surface area contributed by atoms with Gasteiger partial charge in [0.25, 0.3) is 0 Å². The number of nitrogens with zero attached hydrogens (tertiary/aromatic N) is 1. The lowest BCUT2D eigenvalue weighted by Crippen LogP contribution is -2.58. The van der Waals surface area contributed by atoms with Crippen LogP contribution in [0.25, 0.3) is 0 Å². The molecule has 0 unspecified atom stereocenters. The number of ether oxygens (including phenoxy) is 3. The maximum absolute atomic E-state index is 13.1. The molecule has 1 aromatic rings. The quantitative estimate of drug-likeness (QED) is 0.182. The second kappa shape index (κ2) is 9.50. The minimum absolute atomic E-state index is 0.0162. The van der Waals surface area contributed by atoms with Crippen molar-refractivity contribution in [2.75, 3.05) is 20.3 Å². The summed E-state index contributed by atoms with van der Waals surface area (Å²) in [7, 11) is 1.20. The summed E-state index contributed by atoms with van der Waals surface area (Å²) >= 11 is 3.06. The topological polar surface area (TPSA) is 69.2 Å². The average Bonchev–Trinajstić information content (AvgIpc) is 2.59. The van der Waals surface area contributed by atoms with Gasteiger partial charge in [0.05, 0.1) is 24.4 Å². The predicted octanol–water partition coefficient (Wildman–Crippen LogP) is 4.11. The molecular formula is C15H14BrF7N2O4. The van der Waals surface area contributed by atoms with Crippen LogP contribution in [0.15, 0.2) is 21.7 Å². The maximum Gasteiger partial charge on any atom is 0.462 e. The van der Waals surface area contributed by atoms with Crippen molar-refractivity contribution in [3.8, 4) is 11.5 Å². The highest BCUT2D eigenvalue weighted by atomic mass is 79.9. The molecule has 0 aliphatic rings. The van der Waals surface area contributed by atoms with Gasteiger partial charge in [-0.25, -0.2) is 10.2 Å². The molecule has 164 valence electrons. The highest BCUT2D eigenvalue weighted by Crippen LogP contribution is 2.45. The third kappa shape index (κ3) is 6.11. The Morgan fingerprint density at radius 1 is 1.21 bits per heavy atom. The molecule has 6 nitrogen and oxygen atoms in total. The van der Waals surface area contributed by atoms with E-state index < -0.39 is 30.7 Å². The summed E-state index contributed by atoms with van der Waals surface area (Å²) in [6.45, 7) is 1.24. The van der Waals surface area contributed by atoms with Crippen LogP contribution in [-0.4, -0.2) is 50.7 Å². The normalized spacial score (nSPS) is 12.8. The van der Waals surface area contributed by atoms with Crippen molar-refractivity contribution in [1.29, 1.82) is 0 Å². The molecular weight excluding hydrogens is 485 g/mol. The monoisotopic (exact) mass is 498 g/mol. The molecule has 0 radical (unpaired) electrons. The summed E-state index contributed by atoms with van der Waals surface area (Å²) in [6.07, 6.45) is -5.92. The number of nitrogens with one attached hydrogen (secondary N) is 1. The molecule has 0 bridgehead atoms. The predicted molar refractivity (Wildman–Crippen MR) is 89.5 cm³/mol. The lowest BCUT2D eigenvalue weighted by atomic mass is 10.2. The highest BCUT2D eigenvalue weighted by molar-refractivity contribution is 9.10. The highest BCUT2D eigenvalue weighted by Gasteiger charge is 2.73. The van der Waals surface area contributed by atoms with E-state index in [-0.39, 0.29) is 28.1 Å². The van der Waals surface area contributed by atoms with Gasteiger partial charge in [0.2, 0.25) is 0 Å². The van der Waals surface area contributed by atoms with E-state index in [9.17, 15) is 35.5 Å². The zero-order chi connectivity index (χ0) is 22.5. The molecule has 0 fully saturated rings. The first-order valence-electron chi connectivity index (χ1n) is 7.55. The number of carbonyl (C=O) groups excluding carboxylic acids is 1. The van der Waals surface area contributed by atoms with Crippen molar-refractivity contribution in [1.82, 2.24) is 5.43 Å². The van der Waals surface area contributed by atoms with E-state index in [1.807, 2.05) is 0 Å². The van der Waals surface area contributed by atoms with Crippen LogP contribution in [0.4, 0.5) is 30.7 Å². The number of hydrogen-bond donors (Lipinski definition) is 1. The summed E-state index contributed by atoms with van der Waals surface area (Å²) in [5, 5.41) is 2.74. The van der Waals surface area contributed by atoms with Gasteiger partial charge in [0.1, 0.15) is 0 Å². The Labute approximate surface area is 168 Å². The molecule has 0 aliphatic heterocycles. The fourth-order valence-corrected chi connectivity index (χ4v) is 2.30. The standard InChI is InChI=1S/C15H14BrF7N2O4/c1-3-28-11(26)7-29-12-9(16)4-8(5-10(12)27-2)6-24-25-15(22,23)13(17,18)14(19,20)21/h4-6,25H,3,7H2,1-2H3/b24-6+. The molecule has 0 amide bonds. The third-order valence-corrected chi connectivity index (χ3v) is 3.65. The van der Waals surface area contributed by atoms with Crippen LogP contribution >= 0.6 is 15.9 Å². The molecule has 0 aromatic heterocycles. The fourth-order valence-electron chi connectivity index (χ4n) is 1.72. The molecule has 1 aromatic carbocycles. The summed E-state index contributed by atoms with van der Waals surface area (Å²) in [4.78, 5) is 11.3. The summed E-state index contributed by atoms with van der Waals surface area (Å²) in [5.74, 6) is -7.01. The second-order valence-electron chi connectivity index (χ2n) is 5.14. The van der Waals surface area contributed by atoms with Crippen LogP contribution in [0.1, 0.15) is 12.5 Å². The Hall–Kier alpha value is -2.25. The minimum Gasteiger partial charge on any atom is -0.493 e. The molecule has 0 aliphatic carbocycles. The number of carbonyl (C=O) groups is 1. The van der Waals surface area contributed by atoms with E-state index in [4.69, 9.17) is 9.47 Å². The van der Waals surface area contributed by atoms with Crippen molar-refractivity contribution in [3.63, 3.8) is 0 Å². The van der Waals surface area contributed by atoms with Gasteiger partial charge in [-0.3, -0.25) is 0 Å². The number of rotatable bonds is 9. The van der Waals surface area contributed by atoms with E-state index in [1.54, 1.807) is 6.92 Å². The van der Waals surface area contributed by atoms with Gasteiger partial charge in [-0.1, -0.05) is 0 Å². The van der Waals surface area contributed by atoms with Crippen LogP contribution in [0.2, 0.25) is 0 Å². The van der Waals surface area contributed by atoms with Crippen LogP contribution in [0.5, 0.6) is 11.5 Å². The molecule has 0 saturated carbocycles. The van der Waals surface area contributed by atoms with Crippen LogP contribution < -0.4 is 14.9 Å². The summed E-state index contributed by atoms with van der Waals surface area (Å²) in [5.41, 5.74) is 0.466. The third-order valence-electron chi connectivity index (χ3n) is 3.06. The number of methoxy groups -OCH3 is 1. The minimum atomic E-state index is -6.48. The number of alkyl halides is 7. The van der Waals surface area contributed by atoms with Gasteiger partial charge in [-0.05, 0) is 40.5 Å². The zero-order valence-electron chi connectivity index (χ0n) is 14.8.